The fraction of sp³-hybridized carbons (Fsp3) is 0.317. The van der Waals surface area contributed by atoms with Gasteiger partial charge in [-0.25, -0.2) is 9.59 Å². The topological polar surface area (TPSA) is 158 Å². The molecule has 12 nitrogen and oxygen atoms in total. The lowest BCUT2D eigenvalue weighted by molar-refractivity contribution is -0.132. The number of fused-ring (bicyclic) bond motifs is 3. The minimum Gasteiger partial charge on any atom is -0.491 e. The molecule has 7 rings (SSSR count). The van der Waals surface area contributed by atoms with Crippen molar-refractivity contribution >= 4 is 23.9 Å². The number of aliphatic hydroxyl groups excluding tert-OH is 2. The Kier molecular flexibility index (Phi) is 8.99. The third-order valence-electron chi connectivity index (χ3n) is 10.1. The number of β-amino-alcohol motifs (C(OH)–C–C–N with tert-alkyl or cyclic N) is 2. The van der Waals surface area contributed by atoms with Crippen molar-refractivity contribution in [1.82, 2.24) is 20.4 Å². The highest BCUT2D eigenvalue weighted by atomic mass is 16.5. The molecule has 4 aromatic rings. The largest absolute Gasteiger partial charge is 0.491 e. The standard InChI is InChI=1S/C41H42N4O8/c1-39(2)35(48)44(37(50)42-39)21-27(46)23-52-29-17-13-25(14-18-29)41(33-11-7-5-9-31(33)32-10-6-8-12-34(32)41)26-15-19-30(20-16-26)53-24-28(47)22-45-36(49)40(3,4)43-38(45)51/h5-20,27-28,46-47H,21-24H2,1-4H3,(H,42,50)(H,43,51). The second-order valence-electron chi connectivity index (χ2n) is 14.8. The van der Waals surface area contributed by atoms with Gasteiger partial charge in [-0.2, -0.15) is 0 Å². The summed E-state index contributed by atoms with van der Waals surface area (Å²) in [6, 6.07) is 30.9. The number of benzene rings is 4. The van der Waals surface area contributed by atoms with Gasteiger partial charge in [0.15, 0.2) is 0 Å². The molecule has 0 spiro atoms. The minimum atomic E-state index is -1.09. The summed E-state index contributed by atoms with van der Waals surface area (Å²) in [5.41, 5.74) is 3.62. The average molecular weight is 719 g/mol. The van der Waals surface area contributed by atoms with Crippen LogP contribution in [-0.2, 0) is 15.0 Å². The molecule has 12 heteroatoms. The van der Waals surface area contributed by atoms with Crippen molar-refractivity contribution < 1.29 is 38.9 Å². The van der Waals surface area contributed by atoms with Crippen molar-refractivity contribution in [2.75, 3.05) is 26.3 Å². The molecule has 2 atom stereocenters. The summed E-state index contributed by atoms with van der Waals surface area (Å²) in [5, 5.41) is 26.5. The number of nitrogens with zero attached hydrogens (tertiary/aromatic N) is 2. The highest BCUT2D eigenvalue weighted by Gasteiger charge is 2.47. The van der Waals surface area contributed by atoms with Crippen LogP contribution in [-0.4, -0.2) is 93.5 Å². The number of aliphatic hydroxyl groups is 2. The molecule has 4 N–H and O–H groups in total. The minimum absolute atomic E-state index is 0.122. The van der Waals surface area contributed by atoms with Gasteiger partial charge in [0.1, 0.15) is 48.0 Å². The quantitative estimate of drug-likeness (QED) is 0.140. The van der Waals surface area contributed by atoms with Gasteiger partial charge in [0, 0.05) is 0 Å². The Morgan fingerprint density at radius 1 is 0.566 bits per heavy atom. The first-order chi connectivity index (χ1) is 25.2. The zero-order chi connectivity index (χ0) is 37.7. The van der Waals surface area contributed by atoms with Gasteiger partial charge >= 0.3 is 12.1 Å². The number of rotatable bonds is 12. The van der Waals surface area contributed by atoms with E-state index in [0.29, 0.717) is 11.5 Å². The summed E-state index contributed by atoms with van der Waals surface area (Å²) < 4.78 is 11.8. The monoisotopic (exact) mass is 718 g/mol. The van der Waals surface area contributed by atoms with E-state index in [2.05, 4.69) is 34.9 Å². The van der Waals surface area contributed by atoms with Crippen LogP contribution < -0.4 is 20.1 Å². The molecular formula is C41H42N4O8. The molecule has 2 saturated heterocycles. The molecule has 2 fully saturated rings. The average Bonchev–Trinajstić information content (AvgIpc) is 3.62. The van der Waals surface area contributed by atoms with Crippen LogP contribution in [0.2, 0.25) is 0 Å². The summed E-state index contributed by atoms with van der Waals surface area (Å²) in [7, 11) is 0. The van der Waals surface area contributed by atoms with E-state index in [9.17, 15) is 29.4 Å². The van der Waals surface area contributed by atoms with Gasteiger partial charge in [0.2, 0.25) is 0 Å². The van der Waals surface area contributed by atoms with Crippen LogP contribution >= 0.6 is 0 Å². The Morgan fingerprint density at radius 3 is 1.26 bits per heavy atom. The van der Waals surface area contributed by atoms with Crippen LogP contribution in [0.15, 0.2) is 97.1 Å². The maximum atomic E-state index is 12.6. The van der Waals surface area contributed by atoms with Gasteiger partial charge in [-0.3, -0.25) is 19.4 Å². The van der Waals surface area contributed by atoms with E-state index in [1.54, 1.807) is 27.7 Å². The number of imide groups is 2. The first kappa shape index (κ1) is 35.7. The molecular weight excluding hydrogens is 676 g/mol. The lowest BCUT2D eigenvalue weighted by Crippen LogP contribution is -2.42. The lowest BCUT2D eigenvalue weighted by atomic mass is 9.68. The van der Waals surface area contributed by atoms with Crippen molar-refractivity contribution in [3.63, 3.8) is 0 Å². The predicted octanol–water partition coefficient (Wildman–Crippen LogP) is 4.19. The molecule has 274 valence electrons. The van der Waals surface area contributed by atoms with E-state index in [1.807, 2.05) is 72.8 Å². The number of hydrogen-bond donors (Lipinski definition) is 4. The number of hydrogen-bond acceptors (Lipinski definition) is 8. The van der Waals surface area contributed by atoms with Gasteiger partial charge < -0.3 is 30.3 Å². The molecule has 3 aliphatic rings. The molecule has 0 saturated carbocycles. The molecule has 1 aliphatic carbocycles. The Hall–Kier alpha value is -5.72. The van der Waals surface area contributed by atoms with E-state index in [4.69, 9.17) is 9.47 Å². The number of amides is 6. The highest BCUT2D eigenvalue weighted by molar-refractivity contribution is 6.07. The van der Waals surface area contributed by atoms with Crippen LogP contribution in [0.3, 0.4) is 0 Å². The van der Waals surface area contributed by atoms with Crippen molar-refractivity contribution in [2.24, 2.45) is 0 Å². The summed E-state index contributed by atoms with van der Waals surface area (Å²) in [6.45, 7) is 5.85. The second kappa shape index (κ2) is 13.4. The molecule has 0 bridgehead atoms. The molecule has 2 aliphatic heterocycles. The fourth-order valence-electron chi connectivity index (χ4n) is 7.51. The Morgan fingerprint density at radius 2 is 0.925 bits per heavy atom. The normalized spacial score (nSPS) is 19.0. The van der Waals surface area contributed by atoms with Crippen molar-refractivity contribution in [2.45, 2.75) is 56.4 Å². The number of carbonyl (C=O) groups is 4. The van der Waals surface area contributed by atoms with Crippen LogP contribution in [0.4, 0.5) is 9.59 Å². The lowest BCUT2D eigenvalue weighted by Gasteiger charge is -2.34. The number of ether oxygens (including phenoxy) is 2. The number of carbonyl (C=O) groups excluding carboxylic acids is 4. The Labute approximate surface area is 307 Å². The zero-order valence-corrected chi connectivity index (χ0v) is 30.0. The van der Waals surface area contributed by atoms with Gasteiger partial charge in [-0.1, -0.05) is 72.8 Å². The maximum Gasteiger partial charge on any atom is 0.325 e. The summed E-state index contributed by atoms with van der Waals surface area (Å²) >= 11 is 0. The smallest absolute Gasteiger partial charge is 0.325 e. The molecule has 0 radical (unpaired) electrons. The van der Waals surface area contributed by atoms with E-state index in [-0.39, 0.29) is 26.3 Å². The summed E-state index contributed by atoms with van der Waals surface area (Å²) in [5.74, 6) is 0.221. The third-order valence-corrected chi connectivity index (χ3v) is 10.1. The van der Waals surface area contributed by atoms with E-state index < -0.39 is 52.6 Å². The molecule has 53 heavy (non-hydrogen) atoms. The van der Waals surface area contributed by atoms with E-state index in [0.717, 1.165) is 43.2 Å². The first-order valence-electron chi connectivity index (χ1n) is 17.5. The van der Waals surface area contributed by atoms with Crippen LogP contribution in [0.25, 0.3) is 11.1 Å². The van der Waals surface area contributed by atoms with Gasteiger partial charge in [0.05, 0.1) is 18.5 Å². The first-order valence-corrected chi connectivity index (χ1v) is 17.5. The van der Waals surface area contributed by atoms with Gasteiger partial charge in [-0.15, -0.1) is 0 Å². The Bertz CT molecular complexity index is 1930. The van der Waals surface area contributed by atoms with Crippen LogP contribution in [0, 0.1) is 0 Å². The van der Waals surface area contributed by atoms with Gasteiger partial charge in [0.25, 0.3) is 11.8 Å². The fourth-order valence-corrected chi connectivity index (χ4v) is 7.51. The highest BCUT2D eigenvalue weighted by Crippen LogP contribution is 2.56. The molecule has 6 amide bonds. The predicted molar refractivity (Wildman–Crippen MR) is 195 cm³/mol. The second-order valence-corrected chi connectivity index (χ2v) is 14.8. The van der Waals surface area contributed by atoms with Crippen molar-refractivity contribution in [3.8, 4) is 22.6 Å². The molecule has 2 heterocycles. The SMILES string of the molecule is CC1(C)NC(=O)N(CC(O)COc2ccc(C3(c4ccc(OCC(O)CN5C(=O)NC(C)(C)C5=O)cc4)c4ccccc4-c4ccccc43)cc2)C1=O. The summed E-state index contributed by atoms with van der Waals surface area (Å²) in [6.07, 6.45) is -2.18. The number of nitrogens with one attached hydrogen (secondary N) is 2. The summed E-state index contributed by atoms with van der Waals surface area (Å²) in [4.78, 5) is 51.7. The third kappa shape index (κ3) is 6.27. The van der Waals surface area contributed by atoms with Crippen LogP contribution in [0.5, 0.6) is 11.5 Å². The van der Waals surface area contributed by atoms with Crippen molar-refractivity contribution in [3.05, 3.63) is 119 Å². The maximum absolute atomic E-state index is 12.6. The zero-order valence-electron chi connectivity index (χ0n) is 30.0. The van der Waals surface area contributed by atoms with E-state index >= 15 is 0 Å². The number of urea groups is 2. The molecule has 4 aromatic carbocycles. The van der Waals surface area contributed by atoms with Crippen molar-refractivity contribution in [1.29, 1.82) is 0 Å². The van der Waals surface area contributed by atoms with Gasteiger partial charge in [-0.05, 0) is 85.3 Å². The molecule has 2 unspecified atom stereocenters. The van der Waals surface area contributed by atoms with Crippen LogP contribution in [0.1, 0.15) is 49.9 Å². The van der Waals surface area contributed by atoms with E-state index in [1.165, 1.54) is 0 Å². The molecule has 0 aromatic heterocycles. The Balaban J connectivity index is 1.12.